The normalized spacial score (nSPS) is 10.7. The Kier molecular flexibility index (Phi) is 1.69. The van der Waals surface area contributed by atoms with Crippen molar-refractivity contribution in [2.45, 2.75) is 0 Å². The smallest absolute Gasteiger partial charge is 0.197 e. The molecule has 0 amide bonds. The molecule has 0 saturated heterocycles. The molecular weight excluding hydrogens is 274 g/mol. The van der Waals surface area contributed by atoms with E-state index in [1.807, 2.05) is 6.20 Å². The summed E-state index contributed by atoms with van der Waals surface area (Å²) in [6.45, 7) is 0. The van der Waals surface area contributed by atoms with Crippen LogP contribution in [0.25, 0.3) is 11.0 Å². The molecule has 2 aromatic rings. The van der Waals surface area contributed by atoms with Gasteiger partial charge in [0.15, 0.2) is 4.73 Å². The minimum Gasteiger partial charge on any atom is -0.357 e. The zero-order chi connectivity index (χ0) is 7.84. The SMILES string of the molecule is Brc1ncc2[nH]cc(Br)c2n1. The second kappa shape index (κ2) is 2.57. The lowest BCUT2D eigenvalue weighted by Crippen LogP contribution is -1.80. The van der Waals surface area contributed by atoms with Crippen molar-refractivity contribution < 1.29 is 0 Å². The Morgan fingerprint density at radius 1 is 1.36 bits per heavy atom. The summed E-state index contributed by atoms with van der Waals surface area (Å²) in [5.74, 6) is 0. The zero-order valence-corrected chi connectivity index (χ0v) is 8.48. The number of rotatable bonds is 0. The number of H-pyrrole nitrogens is 1. The molecule has 0 spiro atoms. The Labute approximate surface area is 79.5 Å². The van der Waals surface area contributed by atoms with Crippen LogP contribution >= 0.6 is 31.9 Å². The van der Waals surface area contributed by atoms with Gasteiger partial charge in [-0.05, 0) is 31.9 Å². The average Bonchev–Trinajstić information content (AvgIpc) is 2.33. The van der Waals surface area contributed by atoms with Crippen molar-refractivity contribution in [2.75, 3.05) is 0 Å². The van der Waals surface area contributed by atoms with E-state index in [-0.39, 0.29) is 0 Å². The van der Waals surface area contributed by atoms with Crippen LogP contribution in [0.3, 0.4) is 0 Å². The van der Waals surface area contributed by atoms with Crippen LogP contribution in [0, 0.1) is 0 Å². The van der Waals surface area contributed by atoms with Crippen LogP contribution in [-0.2, 0) is 0 Å². The van der Waals surface area contributed by atoms with E-state index in [4.69, 9.17) is 0 Å². The van der Waals surface area contributed by atoms with Gasteiger partial charge in [-0.2, -0.15) is 0 Å². The first-order chi connectivity index (χ1) is 5.27. The van der Waals surface area contributed by atoms with Crippen LogP contribution in [-0.4, -0.2) is 15.0 Å². The van der Waals surface area contributed by atoms with Crippen molar-refractivity contribution in [3.05, 3.63) is 21.6 Å². The summed E-state index contributed by atoms with van der Waals surface area (Å²) in [4.78, 5) is 11.2. The number of hydrogen-bond donors (Lipinski definition) is 1. The van der Waals surface area contributed by atoms with Crippen LogP contribution in [0.1, 0.15) is 0 Å². The Balaban J connectivity index is 2.87. The third kappa shape index (κ3) is 1.18. The Bertz CT molecular complexity index is 396. The second-order valence-corrected chi connectivity index (χ2v) is 3.60. The fraction of sp³-hybridized carbons (Fsp3) is 0. The van der Waals surface area contributed by atoms with Gasteiger partial charge in [-0.3, -0.25) is 0 Å². The molecule has 0 fully saturated rings. The fourth-order valence-corrected chi connectivity index (χ4v) is 1.55. The van der Waals surface area contributed by atoms with Crippen LogP contribution in [0.5, 0.6) is 0 Å². The lowest BCUT2D eigenvalue weighted by Gasteiger charge is -1.89. The van der Waals surface area contributed by atoms with Gasteiger partial charge in [-0.1, -0.05) is 0 Å². The van der Waals surface area contributed by atoms with E-state index in [1.165, 1.54) is 0 Å². The van der Waals surface area contributed by atoms with Crippen molar-refractivity contribution in [3.8, 4) is 0 Å². The number of halogens is 2. The highest BCUT2D eigenvalue weighted by Gasteiger charge is 2.02. The van der Waals surface area contributed by atoms with E-state index < -0.39 is 0 Å². The molecule has 11 heavy (non-hydrogen) atoms. The molecule has 0 atom stereocenters. The molecule has 56 valence electrons. The Hall–Kier alpha value is -0.420. The topological polar surface area (TPSA) is 41.6 Å². The molecule has 0 saturated carbocycles. The van der Waals surface area contributed by atoms with E-state index in [9.17, 15) is 0 Å². The van der Waals surface area contributed by atoms with Gasteiger partial charge in [0, 0.05) is 6.20 Å². The van der Waals surface area contributed by atoms with Crippen LogP contribution < -0.4 is 0 Å². The van der Waals surface area contributed by atoms with E-state index in [0.29, 0.717) is 4.73 Å². The molecule has 0 aliphatic heterocycles. The average molecular weight is 277 g/mol. The second-order valence-electron chi connectivity index (χ2n) is 2.04. The van der Waals surface area contributed by atoms with Crippen molar-refractivity contribution in [1.82, 2.24) is 15.0 Å². The maximum absolute atomic E-state index is 4.16. The summed E-state index contributed by atoms with van der Waals surface area (Å²) < 4.78 is 1.56. The predicted octanol–water partition coefficient (Wildman–Crippen LogP) is 2.48. The quantitative estimate of drug-likeness (QED) is 0.751. The Morgan fingerprint density at radius 2 is 2.18 bits per heavy atom. The van der Waals surface area contributed by atoms with E-state index in [0.717, 1.165) is 15.5 Å². The number of nitrogens with zero attached hydrogens (tertiary/aromatic N) is 2. The molecule has 0 radical (unpaired) electrons. The standard InChI is InChI=1S/C6H3Br2N3/c7-3-1-9-4-2-10-6(8)11-5(3)4/h1-2,9H. The van der Waals surface area contributed by atoms with Gasteiger partial charge in [-0.25, -0.2) is 9.97 Å². The van der Waals surface area contributed by atoms with Gasteiger partial charge in [-0.15, -0.1) is 0 Å². The highest BCUT2D eigenvalue weighted by atomic mass is 79.9. The highest BCUT2D eigenvalue weighted by Crippen LogP contribution is 2.21. The van der Waals surface area contributed by atoms with E-state index in [1.54, 1.807) is 6.20 Å². The monoisotopic (exact) mass is 275 g/mol. The van der Waals surface area contributed by atoms with Crippen molar-refractivity contribution >= 4 is 42.9 Å². The van der Waals surface area contributed by atoms with Gasteiger partial charge in [0.1, 0.15) is 5.52 Å². The number of hydrogen-bond acceptors (Lipinski definition) is 2. The maximum Gasteiger partial charge on any atom is 0.197 e. The summed E-state index contributed by atoms with van der Waals surface area (Å²) in [6.07, 6.45) is 3.57. The van der Waals surface area contributed by atoms with Gasteiger partial charge in [0.25, 0.3) is 0 Å². The number of fused-ring (bicyclic) bond motifs is 1. The first-order valence-electron chi connectivity index (χ1n) is 2.92. The first kappa shape index (κ1) is 7.24. The van der Waals surface area contributed by atoms with Crippen LogP contribution in [0.2, 0.25) is 0 Å². The first-order valence-corrected chi connectivity index (χ1v) is 4.51. The lowest BCUT2D eigenvalue weighted by molar-refractivity contribution is 1.16. The molecule has 3 nitrogen and oxygen atoms in total. The molecule has 0 unspecified atom stereocenters. The van der Waals surface area contributed by atoms with Gasteiger partial charge >= 0.3 is 0 Å². The molecule has 2 aromatic heterocycles. The Morgan fingerprint density at radius 3 is 3.00 bits per heavy atom. The molecule has 0 aromatic carbocycles. The highest BCUT2D eigenvalue weighted by molar-refractivity contribution is 9.11. The van der Waals surface area contributed by atoms with Crippen LogP contribution in [0.15, 0.2) is 21.6 Å². The summed E-state index contributed by atoms with van der Waals surface area (Å²) >= 11 is 6.55. The molecule has 2 heterocycles. The third-order valence-corrected chi connectivity index (χ3v) is 2.33. The summed E-state index contributed by atoms with van der Waals surface area (Å²) in [6, 6.07) is 0. The van der Waals surface area contributed by atoms with Gasteiger partial charge < -0.3 is 4.98 Å². The van der Waals surface area contributed by atoms with Gasteiger partial charge in [0.2, 0.25) is 0 Å². The number of nitrogens with one attached hydrogen (secondary N) is 1. The summed E-state index contributed by atoms with van der Waals surface area (Å²) in [5.41, 5.74) is 1.83. The third-order valence-electron chi connectivity index (χ3n) is 1.34. The molecule has 1 N–H and O–H groups in total. The number of aromatic nitrogens is 3. The minimum atomic E-state index is 0.602. The minimum absolute atomic E-state index is 0.602. The van der Waals surface area contributed by atoms with Crippen molar-refractivity contribution in [1.29, 1.82) is 0 Å². The molecule has 5 heteroatoms. The predicted molar refractivity (Wildman–Crippen MR) is 49.3 cm³/mol. The van der Waals surface area contributed by atoms with Crippen molar-refractivity contribution in [2.24, 2.45) is 0 Å². The van der Waals surface area contributed by atoms with Crippen molar-refractivity contribution in [3.63, 3.8) is 0 Å². The molecular formula is C6H3Br2N3. The van der Waals surface area contributed by atoms with Crippen LogP contribution in [0.4, 0.5) is 0 Å². The molecule has 0 aliphatic carbocycles. The largest absolute Gasteiger partial charge is 0.357 e. The summed E-state index contributed by atoms with van der Waals surface area (Å²) in [5, 5.41) is 0. The molecule has 0 bridgehead atoms. The van der Waals surface area contributed by atoms with E-state index in [2.05, 4.69) is 46.8 Å². The van der Waals surface area contributed by atoms with E-state index >= 15 is 0 Å². The summed E-state index contributed by atoms with van der Waals surface area (Å²) in [7, 11) is 0. The molecule has 2 rings (SSSR count). The molecule has 0 aliphatic rings. The zero-order valence-electron chi connectivity index (χ0n) is 5.31. The van der Waals surface area contributed by atoms with Gasteiger partial charge in [0.05, 0.1) is 16.2 Å². The lowest BCUT2D eigenvalue weighted by atomic mass is 10.5. The number of aromatic amines is 1. The fourth-order valence-electron chi connectivity index (χ4n) is 0.857. The maximum atomic E-state index is 4.16.